The maximum Gasteiger partial charge on any atom is 0.413 e. The minimum atomic E-state index is -0.775. The summed E-state index contributed by atoms with van der Waals surface area (Å²) in [5.74, 6) is 0.612. The van der Waals surface area contributed by atoms with Crippen LogP contribution >= 0.6 is 0 Å². The Bertz CT molecular complexity index is 471. The highest BCUT2D eigenvalue weighted by Crippen LogP contribution is 2.37. The van der Waals surface area contributed by atoms with Crippen molar-refractivity contribution in [3.63, 3.8) is 0 Å². The number of ether oxygens (including phenoxy) is 2. The first-order chi connectivity index (χ1) is 9.46. The molecule has 8 heteroatoms. The van der Waals surface area contributed by atoms with Crippen molar-refractivity contribution in [2.24, 2.45) is 5.10 Å². The van der Waals surface area contributed by atoms with Gasteiger partial charge in [-0.15, -0.1) is 10.2 Å². The Morgan fingerprint density at radius 2 is 2.00 bits per heavy atom. The first kappa shape index (κ1) is 15.8. The van der Waals surface area contributed by atoms with Crippen LogP contribution in [0.4, 0.5) is 4.79 Å². The van der Waals surface area contributed by atoms with E-state index in [0.717, 1.165) is 0 Å². The highest BCUT2D eigenvalue weighted by atomic mass is 16.6. The molecule has 1 fully saturated rings. The van der Waals surface area contributed by atoms with Crippen LogP contribution in [0.5, 0.6) is 0 Å². The number of hydrazone groups is 1. The van der Waals surface area contributed by atoms with Gasteiger partial charge in [0.15, 0.2) is 5.84 Å². The lowest BCUT2D eigenvalue weighted by atomic mass is 9.99. The lowest BCUT2D eigenvalue weighted by Gasteiger charge is -2.39. The molecule has 0 bridgehead atoms. The smallest absolute Gasteiger partial charge is 0.413 e. The number of carbonyl (C=O) groups is 1. The standard InChI is InChI=1S/C13H25N5O3/c1-11(2,3)21-10(19)18-12(4,5)20-8-13(18,6)9-14-16-17(7)15-9/h16H,8H2,1-7H3,(H,14,15). The summed E-state index contributed by atoms with van der Waals surface area (Å²) < 4.78 is 11.3. The van der Waals surface area contributed by atoms with Crippen molar-refractivity contribution in [3.8, 4) is 0 Å². The van der Waals surface area contributed by atoms with Gasteiger partial charge in [0, 0.05) is 7.05 Å². The molecule has 2 heterocycles. The van der Waals surface area contributed by atoms with Gasteiger partial charge in [0.1, 0.15) is 16.9 Å². The van der Waals surface area contributed by atoms with Crippen molar-refractivity contribution in [1.82, 2.24) is 21.0 Å². The van der Waals surface area contributed by atoms with E-state index < -0.39 is 23.0 Å². The van der Waals surface area contributed by atoms with Crippen LogP contribution in [0.15, 0.2) is 5.10 Å². The van der Waals surface area contributed by atoms with Crippen LogP contribution in [0.1, 0.15) is 41.5 Å². The first-order valence-corrected chi connectivity index (χ1v) is 6.97. The summed E-state index contributed by atoms with van der Waals surface area (Å²) >= 11 is 0. The van der Waals surface area contributed by atoms with Crippen LogP contribution in [0.3, 0.4) is 0 Å². The van der Waals surface area contributed by atoms with Crippen LogP contribution in [0.2, 0.25) is 0 Å². The van der Waals surface area contributed by atoms with Crippen LogP contribution in [-0.2, 0) is 9.47 Å². The predicted octanol–water partition coefficient (Wildman–Crippen LogP) is 1.02. The summed E-state index contributed by atoms with van der Waals surface area (Å²) in [4.78, 5) is 14.2. The molecular formula is C13H25N5O3. The summed E-state index contributed by atoms with van der Waals surface area (Å²) in [5.41, 5.74) is 3.77. The van der Waals surface area contributed by atoms with Gasteiger partial charge in [-0.3, -0.25) is 10.3 Å². The van der Waals surface area contributed by atoms with Crippen molar-refractivity contribution in [3.05, 3.63) is 0 Å². The van der Waals surface area contributed by atoms with Crippen molar-refractivity contribution >= 4 is 11.9 Å². The minimum absolute atomic E-state index is 0.334. The fourth-order valence-electron chi connectivity index (χ4n) is 2.52. The van der Waals surface area contributed by atoms with E-state index in [0.29, 0.717) is 12.4 Å². The summed E-state index contributed by atoms with van der Waals surface area (Å²) in [6, 6.07) is 0. The Balaban J connectivity index is 2.31. The number of hydrazine groups is 2. The largest absolute Gasteiger partial charge is 0.444 e. The average molecular weight is 299 g/mol. The van der Waals surface area contributed by atoms with Crippen LogP contribution in [-0.4, -0.2) is 52.5 Å². The molecule has 0 radical (unpaired) electrons. The molecule has 8 nitrogen and oxygen atoms in total. The molecule has 0 spiro atoms. The molecule has 2 aliphatic heterocycles. The van der Waals surface area contributed by atoms with Crippen molar-refractivity contribution in [2.75, 3.05) is 13.7 Å². The molecule has 0 aromatic rings. The van der Waals surface area contributed by atoms with E-state index >= 15 is 0 Å². The van der Waals surface area contributed by atoms with Crippen LogP contribution in [0, 0.1) is 0 Å². The van der Waals surface area contributed by atoms with Gasteiger partial charge in [-0.1, -0.05) is 0 Å². The lowest BCUT2D eigenvalue weighted by Crippen LogP contribution is -2.62. The molecule has 21 heavy (non-hydrogen) atoms. The molecule has 1 atom stereocenters. The van der Waals surface area contributed by atoms with Crippen molar-refractivity contribution in [1.29, 1.82) is 0 Å². The minimum Gasteiger partial charge on any atom is -0.444 e. The number of nitrogens with zero attached hydrogens (tertiary/aromatic N) is 3. The second kappa shape index (κ2) is 4.74. The Hall–Kier alpha value is -1.54. The average Bonchev–Trinajstić information content (AvgIpc) is 2.80. The third kappa shape index (κ3) is 2.91. The topological polar surface area (TPSA) is 78.4 Å². The number of nitrogens with one attached hydrogen (secondary N) is 2. The zero-order chi connectivity index (χ0) is 16.1. The predicted molar refractivity (Wildman–Crippen MR) is 78.0 cm³/mol. The van der Waals surface area contributed by atoms with Gasteiger partial charge in [0.05, 0.1) is 6.61 Å². The Labute approximate surface area is 125 Å². The lowest BCUT2D eigenvalue weighted by molar-refractivity contribution is -0.0644. The van der Waals surface area contributed by atoms with Gasteiger partial charge in [0.25, 0.3) is 0 Å². The molecule has 2 aliphatic rings. The number of hydrogen-bond acceptors (Lipinski definition) is 7. The fraction of sp³-hybridized carbons (Fsp3) is 0.846. The molecule has 0 aromatic heterocycles. The van der Waals surface area contributed by atoms with E-state index in [4.69, 9.17) is 9.47 Å². The summed E-state index contributed by atoms with van der Waals surface area (Å²) in [7, 11) is 1.79. The van der Waals surface area contributed by atoms with Crippen molar-refractivity contribution < 1.29 is 14.3 Å². The van der Waals surface area contributed by atoms with Gasteiger partial charge in [-0.2, -0.15) is 0 Å². The van der Waals surface area contributed by atoms with E-state index in [1.807, 2.05) is 41.5 Å². The summed E-state index contributed by atoms with van der Waals surface area (Å²) in [5, 5.41) is 5.83. The van der Waals surface area contributed by atoms with Crippen LogP contribution in [0.25, 0.3) is 0 Å². The van der Waals surface area contributed by atoms with Gasteiger partial charge in [0.2, 0.25) is 0 Å². The molecule has 0 saturated carbocycles. The zero-order valence-corrected chi connectivity index (χ0v) is 13.8. The number of carbonyl (C=O) groups excluding carboxylic acids is 1. The highest BCUT2D eigenvalue weighted by Gasteiger charge is 2.56. The van der Waals surface area contributed by atoms with Gasteiger partial charge < -0.3 is 9.47 Å². The monoisotopic (exact) mass is 299 g/mol. The van der Waals surface area contributed by atoms with E-state index in [9.17, 15) is 4.79 Å². The van der Waals surface area contributed by atoms with Gasteiger partial charge in [-0.25, -0.2) is 10.3 Å². The second-order valence-corrected chi connectivity index (χ2v) is 7.06. The number of hydrogen-bond donors (Lipinski definition) is 2. The third-order valence-corrected chi connectivity index (χ3v) is 3.41. The highest BCUT2D eigenvalue weighted by molar-refractivity contribution is 5.95. The maximum atomic E-state index is 12.6. The number of amidine groups is 1. The second-order valence-electron chi connectivity index (χ2n) is 7.06. The summed E-state index contributed by atoms with van der Waals surface area (Å²) in [6.45, 7) is 11.4. The normalized spacial score (nSPS) is 28.9. The molecule has 2 rings (SSSR count). The Morgan fingerprint density at radius 3 is 2.48 bits per heavy atom. The SMILES string of the molecule is CN1NN=C(C2(C)COC(C)(C)N2C(=O)OC(C)(C)C)N1. The Morgan fingerprint density at radius 1 is 1.38 bits per heavy atom. The maximum absolute atomic E-state index is 12.6. The molecule has 0 aromatic carbocycles. The molecular weight excluding hydrogens is 274 g/mol. The van der Waals surface area contributed by atoms with E-state index in [2.05, 4.69) is 16.1 Å². The van der Waals surface area contributed by atoms with Crippen molar-refractivity contribution in [2.45, 2.75) is 58.4 Å². The Kier molecular flexibility index (Phi) is 3.57. The molecule has 0 aliphatic carbocycles. The van der Waals surface area contributed by atoms with Gasteiger partial charge in [-0.05, 0) is 41.5 Å². The molecule has 120 valence electrons. The third-order valence-electron chi connectivity index (χ3n) is 3.41. The van der Waals surface area contributed by atoms with E-state index in [1.54, 1.807) is 17.1 Å². The molecule has 1 unspecified atom stereocenters. The first-order valence-electron chi connectivity index (χ1n) is 6.97. The molecule has 2 N–H and O–H groups in total. The van der Waals surface area contributed by atoms with Crippen LogP contribution < -0.4 is 11.0 Å². The summed E-state index contributed by atoms with van der Waals surface area (Å²) in [6.07, 6.45) is -0.424. The van der Waals surface area contributed by atoms with E-state index in [1.165, 1.54) is 0 Å². The fourth-order valence-corrected chi connectivity index (χ4v) is 2.52. The number of rotatable bonds is 1. The zero-order valence-electron chi connectivity index (χ0n) is 13.8. The molecule has 1 amide bonds. The van der Waals surface area contributed by atoms with Gasteiger partial charge >= 0.3 is 6.09 Å². The number of amides is 1. The molecule has 1 saturated heterocycles. The quantitative estimate of drug-likeness (QED) is 0.752. The van der Waals surface area contributed by atoms with E-state index in [-0.39, 0.29) is 0 Å².